The van der Waals surface area contributed by atoms with Gasteiger partial charge in [0.1, 0.15) is 0 Å². The van der Waals surface area contributed by atoms with E-state index in [1.807, 2.05) is 20.8 Å². The summed E-state index contributed by atoms with van der Waals surface area (Å²) in [7, 11) is 1.31. The van der Waals surface area contributed by atoms with E-state index in [4.69, 9.17) is 4.74 Å². The lowest BCUT2D eigenvalue weighted by molar-refractivity contribution is 0.0503. The van der Waals surface area contributed by atoms with Gasteiger partial charge in [0.2, 0.25) is 0 Å². The van der Waals surface area contributed by atoms with Crippen molar-refractivity contribution >= 4 is 11.9 Å². The van der Waals surface area contributed by atoms with E-state index in [1.165, 1.54) is 25.7 Å². The van der Waals surface area contributed by atoms with Gasteiger partial charge in [0.25, 0.3) is 0 Å². The molecule has 0 amide bonds. The Morgan fingerprint density at radius 1 is 0.905 bits per heavy atom. The molecule has 0 N–H and O–H groups in total. The lowest BCUT2D eigenvalue weighted by atomic mass is 10.1. The normalized spacial score (nSPS) is 8.48. The zero-order valence-corrected chi connectivity index (χ0v) is 14.1. The Kier molecular flexibility index (Phi) is 14.9. The van der Waals surface area contributed by atoms with Crippen LogP contribution in [-0.4, -0.2) is 25.7 Å². The number of rotatable bonds is 4. The molecule has 0 unspecified atom stereocenters. The monoisotopic (exact) mass is 296 g/mol. The second kappa shape index (κ2) is 14.6. The van der Waals surface area contributed by atoms with Crippen molar-refractivity contribution in [2.45, 2.75) is 47.5 Å². The first-order chi connectivity index (χ1) is 10.1. The number of ether oxygens (including phenoxy) is 2. The third kappa shape index (κ3) is 9.66. The molecule has 0 aliphatic carbocycles. The van der Waals surface area contributed by atoms with Crippen LogP contribution in [0.25, 0.3) is 0 Å². The van der Waals surface area contributed by atoms with Gasteiger partial charge >= 0.3 is 11.9 Å². The minimum Gasteiger partial charge on any atom is -0.465 e. The summed E-state index contributed by atoms with van der Waals surface area (Å²) in [4.78, 5) is 22.5. The highest BCUT2D eigenvalue weighted by atomic mass is 16.5. The van der Waals surface area contributed by atoms with Gasteiger partial charge in [-0.3, -0.25) is 0 Å². The summed E-state index contributed by atoms with van der Waals surface area (Å²) < 4.78 is 9.50. The lowest BCUT2D eigenvalue weighted by Crippen LogP contribution is -2.07. The molecule has 0 aliphatic rings. The molecule has 1 aromatic carbocycles. The molecule has 120 valence electrons. The predicted molar refractivity (Wildman–Crippen MR) is 85.7 cm³/mol. The van der Waals surface area contributed by atoms with Crippen LogP contribution in [0.4, 0.5) is 0 Å². The van der Waals surface area contributed by atoms with Crippen molar-refractivity contribution in [1.82, 2.24) is 0 Å². The average molecular weight is 296 g/mol. The fraction of sp³-hybridized carbons (Fsp3) is 0.529. The van der Waals surface area contributed by atoms with Crippen molar-refractivity contribution in [1.29, 1.82) is 0 Å². The van der Waals surface area contributed by atoms with Crippen molar-refractivity contribution in [3.05, 3.63) is 35.4 Å². The maximum atomic E-state index is 11.4. The van der Waals surface area contributed by atoms with Crippen molar-refractivity contribution in [2.75, 3.05) is 13.7 Å². The van der Waals surface area contributed by atoms with Gasteiger partial charge in [-0.05, 0) is 30.7 Å². The number of benzene rings is 1. The van der Waals surface area contributed by atoms with Crippen LogP contribution in [0.3, 0.4) is 0 Å². The molecule has 0 heterocycles. The molecular weight excluding hydrogens is 268 g/mol. The van der Waals surface area contributed by atoms with Gasteiger partial charge in [-0.25, -0.2) is 9.59 Å². The Morgan fingerprint density at radius 3 is 1.62 bits per heavy atom. The first-order valence-electron chi connectivity index (χ1n) is 7.46. The average Bonchev–Trinajstić information content (AvgIpc) is 2.54. The second-order valence-electron chi connectivity index (χ2n) is 3.91. The van der Waals surface area contributed by atoms with Crippen LogP contribution in [-0.2, 0) is 9.47 Å². The summed E-state index contributed by atoms with van der Waals surface area (Å²) in [5, 5.41) is 0. The lowest BCUT2D eigenvalue weighted by Gasteiger charge is -2.03. The summed E-state index contributed by atoms with van der Waals surface area (Å²) in [6, 6.07) is 6.16. The van der Waals surface area contributed by atoms with E-state index in [0.717, 1.165) is 6.42 Å². The van der Waals surface area contributed by atoms with E-state index in [0.29, 0.717) is 17.7 Å². The van der Waals surface area contributed by atoms with Gasteiger partial charge in [-0.15, -0.1) is 0 Å². The Balaban J connectivity index is 0. The number of hydrogen-bond donors (Lipinski definition) is 0. The van der Waals surface area contributed by atoms with Gasteiger partial charge in [-0.2, -0.15) is 0 Å². The maximum Gasteiger partial charge on any atom is 0.338 e. The van der Waals surface area contributed by atoms with Crippen LogP contribution in [0, 0.1) is 0 Å². The van der Waals surface area contributed by atoms with Crippen molar-refractivity contribution in [3.63, 3.8) is 0 Å². The molecule has 1 aromatic rings. The fourth-order valence-electron chi connectivity index (χ4n) is 1.14. The van der Waals surface area contributed by atoms with Crippen molar-refractivity contribution < 1.29 is 19.1 Å². The highest BCUT2D eigenvalue weighted by Crippen LogP contribution is 2.07. The molecule has 0 saturated heterocycles. The summed E-state index contributed by atoms with van der Waals surface area (Å²) in [6.45, 7) is 10.6. The molecule has 0 spiro atoms. The minimum atomic E-state index is -0.423. The summed E-state index contributed by atoms with van der Waals surface area (Å²) >= 11 is 0. The van der Waals surface area contributed by atoms with Crippen molar-refractivity contribution in [2.24, 2.45) is 0 Å². The molecule has 0 aliphatic heterocycles. The fourth-order valence-corrected chi connectivity index (χ4v) is 1.14. The molecule has 0 aromatic heterocycles. The summed E-state index contributed by atoms with van der Waals surface area (Å²) in [6.07, 6.45) is 2.03. The maximum absolute atomic E-state index is 11.4. The smallest absolute Gasteiger partial charge is 0.338 e. The predicted octanol–water partition coefficient (Wildman–Crippen LogP) is 4.48. The summed E-state index contributed by atoms with van der Waals surface area (Å²) in [5.74, 6) is -0.799. The van der Waals surface area contributed by atoms with Crippen LogP contribution < -0.4 is 0 Å². The molecule has 0 saturated carbocycles. The van der Waals surface area contributed by atoms with Crippen LogP contribution in [0.1, 0.15) is 68.2 Å². The van der Waals surface area contributed by atoms with Gasteiger partial charge < -0.3 is 9.47 Å². The highest BCUT2D eigenvalue weighted by Gasteiger charge is 2.09. The molecule has 0 bridgehead atoms. The first kappa shape index (κ1) is 21.5. The standard InChI is InChI=1S/C12H14O4.C3H8.C2H6/c1-3-8-16-12(14)10-6-4-9(5-7-10)11(13)15-2;1-3-2;1-2/h4-7H,3,8H2,1-2H3;3H2,1-2H3;1-2H3. The van der Waals surface area contributed by atoms with Gasteiger partial charge in [0.05, 0.1) is 24.8 Å². The van der Waals surface area contributed by atoms with E-state index in [2.05, 4.69) is 18.6 Å². The number of esters is 2. The molecular formula is C17H28O4. The third-order valence-corrected chi connectivity index (χ3v) is 1.98. The van der Waals surface area contributed by atoms with E-state index in [1.54, 1.807) is 12.1 Å². The number of hydrogen-bond acceptors (Lipinski definition) is 4. The van der Waals surface area contributed by atoms with Gasteiger partial charge in [-0.1, -0.05) is 41.0 Å². The van der Waals surface area contributed by atoms with Gasteiger partial charge in [0, 0.05) is 0 Å². The Labute approximate surface area is 128 Å². The Bertz CT molecular complexity index is 382. The molecule has 1 rings (SSSR count). The van der Waals surface area contributed by atoms with E-state index in [9.17, 15) is 9.59 Å². The quantitative estimate of drug-likeness (QED) is 0.769. The van der Waals surface area contributed by atoms with Gasteiger partial charge in [0.15, 0.2) is 0 Å². The SMILES string of the molecule is CC.CCC.CCCOC(=O)c1ccc(C(=O)OC)cc1. The molecule has 0 fully saturated rings. The topological polar surface area (TPSA) is 52.6 Å². The molecule has 21 heavy (non-hydrogen) atoms. The zero-order valence-electron chi connectivity index (χ0n) is 14.1. The minimum absolute atomic E-state index is 0.377. The Morgan fingerprint density at radius 2 is 1.29 bits per heavy atom. The first-order valence-corrected chi connectivity index (χ1v) is 7.46. The highest BCUT2D eigenvalue weighted by molar-refractivity contribution is 5.93. The van der Waals surface area contributed by atoms with E-state index < -0.39 is 5.97 Å². The van der Waals surface area contributed by atoms with Crippen LogP contribution in [0.2, 0.25) is 0 Å². The van der Waals surface area contributed by atoms with Crippen molar-refractivity contribution in [3.8, 4) is 0 Å². The number of carbonyl (C=O) groups is 2. The molecule has 0 radical (unpaired) electrons. The van der Waals surface area contributed by atoms with E-state index >= 15 is 0 Å². The third-order valence-electron chi connectivity index (χ3n) is 1.98. The molecule has 0 atom stereocenters. The number of methoxy groups -OCH3 is 1. The van der Waals surface area contributed by atoms with Crippen LogP contribution >= 0.6 is 0 Å². The molecule has 4 nitrogen and oxygen atoms in total. The van der Waals surface area contributed by atoms with E-state index in [-0.39, 0.29) is 5.97 Å². The second-order valence-corrected chi connectivity index (χ2v) is 3.91. The van der Waals surface area contributed by atoms with Crippen LogP contribution in [0.5, 0.6) is 0 Å². The number of carbonyl (C=O) groups excluding carboxylic acids is 2. The zero-order chi connectivity index (χ0) is 16.7. The summed E-state index contributed by atoms with van der Waals surface area (Å²) in [5.41, 5.74) is 0.843. The molecule has 4 heteroatoms. The Hall–Kier alpha value is -1.84. The largest absolute Gasteiger partial charge is 0.465 e. The van der Waals surface area contributed by atoms with Crippen LogP contribution in [0.15, 0.2) is 24.3 Å².